The molecule has 56 valence electrons. The maximum absolute atomic E-state index is 5.56. The predicted molar refractivity (Wildman–Crippen MR) is 46.1 cm³/mol. The van der Waals surface area contributed by atoms with Gasteiger partial charge in [0, 0.05) is 11.8 Å². The number of pyridine rings is 1. The van der Waals surface area contributed by atoms with Gasteiger partial charge in [0.15, 0.2) is 0 Å². The van der Waals surface area contributed by atoms with Crippen LogP contribution in [0.1, 0.15) is 16.7 Å². The first kappa shape index (κ1) is 7.62. The van der Waals surface area contributed by atoms with Crippen LogP contribution in [0.2, 0.25) is 0 Å². The van der Waals surface area contributed by atoms with Crippen LogP contribution in [0.4, 0.5) is 5.82 Å². The van der Waals surface area contributed by atoms with Gasteiger partial charge in [0.2, 0.25) is 0 Å². The van der Waals surface area contributed by atoms with E-state index in [-0.39, 0.29) is 0 Å². The van der Waals surface area contributed by atoms with Crippen LogP contribution in [-0.2, 0) is 0 Å². The number of hydrogen-bond acceptors (Lipinski definition) is 2. The summed E-state index contributed by atoms with van der Waals surface area (Å²) >= 11 is 0. The first-order valence-corrected chi connectivity index (χ1v) is 3.35. The van der Waals surface area contributed by atoms with E-state index in [1.54, 1.807) is 6.20 Å². The summed E-state index contributed by atoms with van der Waals surface area (Å²) in [6.45, 7) is 3.86. The minimum atomic E-state index is 0.557. The van der Waals surface area contributed by atoms with Crippen molar-refractivity contribution < 1.29 is 0 Å². The van der Waals surface area contributed by atoms with Gasteiger partial charge in [-0.05, 0) is 25.0 Å². The van der Waals surface area contributed by atoms with Crippen LogP contribution in [0.3, 0.4) is 0 Å². The minimum absolute atomic E-state index is 0.557. The molecule has 0 bridgehead atoms. The zero-order valence-electron chi connectivity index (χ0n) is 6.68. The molecular formula is C9H10N2. The Morgan fingerprint density at radius 1 is 1.45 bits per heavy atom. The first-order valence-electron chi connectivity index (χ1n) is 3.35. The highest BCUT2D eigenvalue weighted by Gasteiger charge is 2.01. The Morgan fingerprint density at radius 2 is 2.09 bits per heavy atom. The number of terminal acetylenes is 1. The normalized spacial score (nSPS) is 9.18. The van der Waals surface area contributed by atoms with Crippen LogP contribution in [0.15, 0.2) is 6.20 Å². The number of nitrogens with zero attached hydrogens (tertiary/aromatic N) is 1. The smallest absolute Gasteiger partial charge is 0.126 e. The zero-order chi connectivity index (χ0) is 8.43. The van der Waals surface area contributed by atoms with Gasteiger partial charge in [-0.2, -0.15) is 0 Å². The summed E-state index contributed by atoms with van der Waals surface area (Å²) in [6.07, 6.45) is 6.86. The van der Waals surface area contributed by atoms with E-state index in [1.807, 2.05) is 13.8 Å². The largest absolute Gasteiger partial charge is 0.383 e. The standard InChI is InChI=1S/C9H10N2/c1-4-8-5-11-9(10)7(3)6(8)2/h1,5H,2-3H3,(H2,10,11). The lowest BCUT2D eigenvalue weighted by Crippen LogP contribution is -1.98. The highest BCUT2D eigenvalue weighted by Crippen LogP contribution is 2.15. The molecule has 2 N–H and O–H groups in total. The van der Waals surface area contributed by atoms with Crippen LogP contribution in [-0.4, -0.2) is 4.98 Å². The SMILES string of the molecule is C#Cc1cnc(N)c(C)c1C. The van der Waals surface area contributed by atoms with Gasteiger partial charge >= 0.3 is 0 Å². The third kappa shape index (κ3) is 1.18. The summed E-state index contributed by atoms with van der Waals surface area (Å²) in [7, 11) is 0. The number of anilines is 1. The van der Waals surface area contributed by atoms with E-state index in [0.29, 0.717) is 5.82 Å². The van der Waals surface area contributed by atoms with Crippen molar-refractivity contribution in [3.63, 3.8) is 0 Å². The molecule has 2 heteroatoms. The molecule has 0 aliphatic rings. The van der Waals surface area contributed by atoms with Crippen molar-refractivity contribution in [2.24, 2.45) is 0 Å². The summed E-state index contributed by atoms with van der Waals surface area (Å²) in [5, 5.41) is 0. The number of nitrogen functional groups attached to an aromatic ring is 1. The molecule has 0 saturated carbocycles. The molecule has 0 aliphatic carbocycles. The number of aromatic nitrogens is 1. The minimum Gasteiger partial charge on any atom is -0.383 e. The Morgan fingerprint density at radius 3 is 2.64 bits per heavy atom. The molecule has 11 heavy (non-hydrogen) atoms. The van der Waals surface area contributed by atoms with Gasteiger partial charge < -0.3 is 5.73 Å². The third-order valence-electron chi connectivity index (χ3n) is 1.84. The molecule has 1 heterocycles. The third-order valence-corrected chi connectivity index (χ3v) is 1.84. The van der Waals surface area contributed by atoms with Crippen LogP contribution in [0.25, 0.3) is 0 Å². The Labute approximate surface area is 66.4 Å². The number of nitrogens with two attached hydrogens (primary N) is 1. The molecule has 0 atom stereocenters. The molecule has 0 fully saturated rings. The summed E-state index contributed by atoms with van der Waals surface area (Å²) < 4.78 is 0. The van der Waals surface area contributed by atoms with Crippen molar-refractivity contribution in [2.75, 3.05) is 5.73 Å². The molecule has 1 aromatic heterocycles. The molecule has 2 nitrogen and oxygen atoms in total. The van der Waals surface area contributed by atoms with Crippen molar-refractivity contribution in [1.29, 1.82) is 0 Å². The topological polar surface area (TPSA) is 38.9 Å². The highest BCUT2D eigenvalue weighted by atomic mass is 14.8. The highest BCUT2D eigenvalue weighted by molar-refractivity contribution is 5.50. The van der Waals surface area contributed by atoms with Gasteiger partial charge in [0.1, 0.15) is 5.82 Å². The molecule has 0 unspecified atom stereocenters. The average Bonchev–Trinajstić information content (AvgIpc) is 2.01. The fourth-order valence-electron chi connectivity index (χ4n) is 0.867. The van der Waals surface area contributed by atoms with Crippen molar-refractivity contribution in [1.82, 2.24) is 4.98 Å². The molecule has 0 amide bonds. The quantitative estimate of drug-likeness (QED) is 0.560. The second-order valence-electron chi connectivity index (χ2n) is 2.45. The molecule has 0 radical (unpaired) electrons. The molecule has 1 aromatic rings. The monoisotopic (exact) mass is 146 g/mol. The van der Waals surface area contributed by atoms with E-state index in [1.165, 1.54) is 0 Å². The summed E-state index contributed by atoms with van der Waals surface area (Å²) in [4.78, 5) is 3.95. The zero-order valence-corrected chi connectivity index (χ0v) is 6.68. The Bertz CT molecular complexity index is 321. The van der Waals surface area contributed by atoms with E-state index in [0.717, 1.165) is 16.7 Å². The van der Waals surface area contributed by atoms with Gasteiger partial charge in [-0.25, -0.2) is 4.98 Å². The fraction of sp³-hybridized carbons (Fsp3) is 0.222. The van der Waals surface area contributed by atoms with Crippen molar-refractivity contribution in [3.8, 4) is 12.3 Å². The van der Waals surface area contributed by atoms with Crippen molar-refractivity contribution in [3.05, 3.63) is 22.9 Å². The van der Waals surface area contributed by atoms with Gasteiger partial charge in [-0.15, -0.1) is 6.42 Å². The number of rotatable bonds is 0. The maximum atomic E-state index is 5.56. The summed E-state index contributed by atoms with van der Waals surface area (Å²) in [5.74, 6) is 3.10. The van der Waals surface area contributed by atoms with E-state index in [9.17, 15) is 0 Å². The second-order valence-corrected chi connectivity index (χ2v) is 2.45. The van der Waals surface area contributed by atoms with Gasteiger partial charge in [-0.1, -0.05) is 5.92 Å². The lowest BCUT2D eigenvalue weighted by molar-refractivity contribution is 1.21. The van der Waals surface area contributed by atoms with Crippen molar-refractivity contribution in [2.45, 2.75) is 13.8 Å². The molecule has 1 rings (SSSR count). The van der Waals surface area contributed by atoms with Crippen molar-refractivity contribution >= 4 is 5.82 Å². The number of hydrogen-bond donors (Lipinski definition) is 1. The van der Waals surface area contributed by atoms with Gasteiger partial charge in [-0.3, -0.25) is 0 Å². The lowest BCUT2D eigenvalue weighted by Gasteiger charge is -2.04. The van der Waals surface area contributed by atoms with Crippen LogP contribution in [0.5, 0.6) is 0 Å². The second kappa shape index (κ2) is 2.63. The van der Waals surface area contributed by atoms with E-state index in [2.05, 4.69) is 10.9 Å². The summed E-state index contributed by atoms with van der Waals surface area (Å²) in [5.41, 5.74) is 8.40. The maximum Gasteiger partial charge on any atom is 0.126 e. The molecule has 0 saturated heterocycles. The van der Waals surface area contributed by atoms with Crippen LogP contribution in [0, 0.1) is 26.2 Å². The molecular weight excluding hydrogens is 136 g/mol. The fourth-order valence-corrected chi connectivity index (χ4v) is 0.867. The van der Waals surface area contributed by atoms with Gasteiger partial charge in [0.25, 0.3) is 0 Å². The Hall–Kier alpha value is -1.49. The van der Waals surface area contributed by atoms with E-state index >= 15 is 0 Å². The van der Waals surface area contributed by atoms with Crippen LogP contribution >= 0.6 is 0 Å². The first-order chi connectivity index (χ1) is 5.16. The van der Waals surface area contributed by atoms with E-state index in [4.69, 9.17) is 12.2 Å². The summed E-state index contributed by atoms with van der Waals surface area (Å²) in [6, 6.07) is 0. The average molecular weight is 146 g/mol. The van der Waals surface area contributed by atoms with E-state index < -0.39 is 0 Å². The predicted octanol–water partition coefficient (Wildman–Crippen LogP) is 1.26. The van der Waals surface area contributed by atoms with Gasteiger partial charge in [0.05, 0.1) is 0 Å². The van der Waals surface area contributed by atoms with Crippen LogP contribution < -0.4 is 5.73 Å². The molecule has 0 aliphatic heterocycles. The Balaban J connectivity index is 3.40. The molecule has 0 aromatic carbocycles. The lowest BCUT2D eigenvalue weighted by atomic mass is 10.1. The Kier molecular flexibility index (Phi) is 1.82. The molecule has 0 spiro atoms.